The second kappa shape index (κ2) is 18.5. The predicted molar refractivity (Wildman–Crippen MR) is 200 cm³/mol. The van der Waals surface area contributed by atoms with Crippen molar-refractivity contribution in [2.24, 2.45) is 17.3 Å². The number of rotatable bonds is 12. The van der Waals surface area contributed by atoms with Gasteiger partial charge in [0.05, 0.1) is 22.5 Å². The Hall–Kier alpha value is -3.91. The van der Waals surface area contributed by atoms with Crippen LogP contribution in [-0.2, 0) is 9.53 Å². The average molecular weight is 793 g/mol. The van der Waals surface area contributed by atoms with Gasteiger partial charge in [-0.2, -0.15) is 5.26 Å². The molecule has 14 heteroatoms. The first-order chi connectivity index (χ1) is 24.3. The van der Waals surface area contributed by atoms with Gasteiger partial charge in [0.1, 0.15) is 35.0 Å². The lowest BCUT2D eigenvalue weighted by molar-refractivity contribution is -0.149. The fourth-order valence-corrected chi connectivity index (χ4v) is 6.53. The van der Waals surface area contributed by atoms with E-state index in [-0.39, 0.29) is 34.4 Å². The van der Waals surface area contributed by atoms with Gasteiger partial charge in [-0.3, -0.25) is 9.36 Å². The van der Waals surface area contributed by atoms with E-state index in [4.69, 9.17) is 72.2 Å². The summed E-state index contributed by atoms with van der Waals surface area (Å²) in [6, 6.07) is 21.3. The van der Waals surface area contributed by atoms with Crippen LogP contribution in [0, 0.1) is 28.6 Å². The number of halogens is 5. The fraction of sp³-hybridized carbons (Fsp3) is 0.297. The van der Waals surface area contributed by atoms with Crippen LogP contribution < -0.4 is 9.47 Å². The fourth-order valence-electron chi connectivity index (χ4n) is 5.33. The Labute approximate surface area is 322 Å². The van der Waals surface area contributed by atoms with Crippen molar-refractivity contribution in [1.29, 1.82) is 5.26 Å². The molecule has 1 aromatic heterocycles. The third-order valence-electron chi connectivity index (χ3n) is 8.02. The van der Waals surface area contributed by atoms with Gasteiger partial charge in [0.15, 0.2) is 5.75 Å². The van der Waals surface area contributed by atoms with Crippen LogP contribution in [0.2, 0.25) is 15.1 Å². The molecule has 0 aliphatic heterocycles. The summed E-state index contributed by atoms with van der Waals surface area (Å²) in [7, 11) is 0. The van der Waals surface area contributed by atoms with Crippen LogP contribution in [0.1, 0.15) is 38.9 Å². The number of carbonyl (C=O) groups excluding carboxylic acids is 2. The topological polar surface area (TPSA) is 107 Å². The van der Waals surface area contributed by atoms with E-state index in [1.807, 2.05) is 57.2 Å². The largest absolute Gasteiger partial charge is 0.489 e. The van der Waals surface area contributed by atoms with Crippen LogP contribution in [-0.4, -0.2) is 46.1 Å². The van der Waals surface area contributed by atoms with Crippen LogP contribution in [0.4, 0.5) is 4.79 Å². The number of esters is 1. The lowest BCUT2D eigenvalue weighted by atomic mass is 10.1. The van der Waals surface area contributed by atoms with E-state index in [9.17, 15) is 14.9 Å². The standard InChI is InChI=1S/C22H19Cl2NO3.C15H16Cl3N3O2/c1-22(2)17(12-19(23)24)20(22)21(26)28-18(13-25)14-7-6-10-16(11-14)27-15-8-4-3-5-9-15;1-2-4-20(15(22)21-5-3-19-10-21)6-7-23-14-12(17)8-11(16)9-13(14)18/h3-12,17-18,20H,1-2H3;3,5,8-10H,2,4,6-7H2,1H3. The van der Waals surface area contributed by atoms with Gasteiger partial charge < -0.3 is 19.1 Å². The molecular weight excluding hydrogens is 758 g/mol. The van der Waals surface area contributed by atoms with Crippen molar-refractivity contribution >= 4 is 70.0 Å². The summed E-state index contributed by atoms with van der Waals surface area (Å²) < 4.78 is 18.5. The number of nitriles is 1. The molecule has 0 saturated heterocycles. The smallest absolute Gasteiger partial charge is 0.329 e. The summed E-state index contributed by atoms with van der Waals surface area (Å²) in [5.74, 6) is 0.654. The minimum Gasteiger partial charge on any atom is -0.489 e. The van der Waals surface area contributed by atoms with Crippen molar-refractivity contribution < 1.29 is 23.8 Å². The lowest BCUT2D eigenvalue weighted by Crippen LogP contribution is -2.37. The molecule has 1 fully saturated rings. The summed E-state index contributed by atoms with van der Waals surface area (Å²) >= 11 is 29.5. The van der Waals surface area contributed by atoms with E-state index < -0.39 is 12.1 Å². The van der Waals surface area contributed by atoms with E-state index >= 15 is 0 Å². The molecule has 51 heavy (non-hydrogen) atoms. The maximum atomic E-state index is 12.6. The molecule has 4 aromatic rings. The highest BCUT2D eigenvalue weighted by Crippen LogP contribution is 2.60. The minimum absolute atomic E-state index is 0.114. The summed E-state index contributed by atoms with van der Waals surface area (Å²) in [5, 5.41) is 10.6. The number of carbonyl (C=O) groups is 2. The Kier molecular flexibility index (Phi) is 14.5. The number of hydrogen-bond acceptors (Lipinski definition) is 7. The van der Waals surface area contributed by atoms with Crippen LogP contribution in [0.5, 0.6) is 17.2 Å². The highest BCUT2D eigenvalue weighted by atomic mass is 35.5. The molecule has 0 N–H and O–H groups in total. The van der Waals surface area contributed by atoms with Crippen LogP contribution >= 0.6 is 58.0 Å². The molecule has 268 valence electrons. The second-order valence-corrected chi connectivity index (χ2v) is 14.3. The highest BCUT2D eigenvalue weighted by molar-refractivity contribution is 6.55. The monoisotopic (exact) mass is 790 g/mol. The number of imidazole rings is 1. The van der Waals surface area contributed by atoms with Crippen molar-refractivity contribution in [3.05, 3.63) is 117 Å². The Bertz CT molecular complexity index is 1840. The van der Waals surface area contributed by atoms with Crippen molar-refractivity contribution in [3.63, 3.8) is 0 Å². The summed E-state index contributed by atoms with van der Waals surface area (Å²) in [5.41, 5.74) is 0.231. The Morgan fingerprint density at radius 2 is 1.71 bits per heavy atom. The van der Waals surface area contributed by atoms with Gasteiger partial charge in [-0.15, -0.1) is 0 Å². The summed E-state index contributed by atoms with van der Waals surface area (Å²) in [4.78, 5) is 30.5. The first-order valence-electron chi connectivity index (χ1n) is 15.9. The minimum atomic E-state index is -1.03. The van der Waals surface area contributed by atoms with Gasteiger partial charge in [0.2, 0.25) is 6.10 Å². The van der Waals surface area contributed by atoms with Gasteiger partial charge in [-0.05, 0) is 60.2 Å². The molecule has 0 bridgehead atoms. The van der Waals surface area contributed by atoms with E-state index in [1.165, 1.54) is 10.9 Å². The SMILES string of the molecule is CC1(C)C(C=C(Cl)Cl)C1C(=O)OC(C#N)c1cccc(Oc2ccccc2)c1.CCCN(CCOc1c(Cl)cc(Cl)cc1Cl)C(=O)n1ccnc1. The van der Waals surface area contributed by atoms with Crippen LogP contribution in [0.15, 0.2) is 96.0 Å². The summed E-state index contributed by atoms with van der Waals surface area (Å²) in [6.07, 6.45) is 6.09. The zero-order chi connectivity index (χ0) is 37.1. The molecule has 3 aromatic carbocycles. The maximum absolute atomic E-state index is 12.6. The van der Waals surface area contributed by atoms with Gasteiger partial charge >= 0.3 is 12.0 Å². The van der Waals surface area contributed by atoms with Crippen molar-refractivity contribution in [2.45, 2.75) is 33.3 Å². The number of allylic oxidation sites excluding steroid dienone is 1. The molecule has 0 spiro atoms. The first kappa shape index (κ1) is 39.9. The summed E-state index contributed by atoms with van der Waals surface area (Å²) in [6.45, 7) is 7.16. The molecule has 5 rings (SSSR count). The number of aromatic nitrogens is 2. The Morgan fingerprint density at radius 1 is 1.02 bits per heavy atom. The highest BCUT2D eigenvalue weighted by Gasteiger charge is 2.62. The molecule has 1 heterocycles. The zero-order valence-electron chi connectivity index (χ0n) is 27.9. The van der Waals surface area contributed by atoms with Gasteiger partial charge in [-0.1, -0.05) is 109 Å². The molecule has 1 aliphatic carbocycles. The van der Waals surface area contributed by atoms with Gasteiger partial charge in [0.25, 0.3) is 0 Å². The van der Waals surface area contributed by atoms with E-state index in [1.54, 1.807) is 59.8 Å². The molecular formula is C37H35Cl5N4O5. The van der Waals surface area contributed by atoms with E-state index in [2.05, 4.69) is 4.98 Å². The number of amides is 1. The quantitative estimate of drug-likeness (QED) is 0.131. The van der Waals surface area contributed by atoms with E-state index in [0.29, 0.717) is 51.0 Å². The number of benzene rings is 3. The Balaban J connectivity index is 0.000000233. The third-order valence-corrected chi connectivity index (χ3v) is 9.05. The molecule has 1 saturated carbocycles. The second-order valence-electron chi connectivity index (χ2n) is 12.0. The Morgan fingerprint density at radius 3 is 2.31 bits per heavy atom. The number of nitrogens with zero attached hydrogens (tertiary/aromatic N) is 4. The van der Waals surface area contributed by atoms with Crippen molar-refractivity contribution in [3.8, 4) is 23.3 Å². The van der Waals surface area contributed by atoms with E-state index in [0.717, 1.165) is 6.42 Å². The molecule has 0 radical (unpaired) electrons. The molecule has 1 aliphatic rings. The third kappa shape index (κ3) is 11.0. The maximum Gasteiger partial charge on any atom is 0.329 e. The van der Waals surface area contributed by atoms with Gasteiger partial charge in [0, 0.05) is 29.5 Å². The van der Waals surface area contributed by atoms with Crippen molar-refractivity contribution in [2.75, 3.05) is 19.7 Å². The first-order valence-corrected chi connectivity index (χ1v) is 17.7. The molecule has 1 amide bonds. The average Bonchev–Trinajstić information content (AvgIpc) is 3.39. The normalized spacial score (nSPS) is 16.0. The number of hydrogen-bond donors (Lipinski definition) is 0. The van der Waals surface area contributed by atoms with Crippen LogP contribution in [0.3, 0.4) is 0 Å². The van der Waals surface area contributed by atoms with Crippen LogP contribution in [0.25, 0.3) is 0 Å². The van der Waals surface area contributed by atoms with Gasteiger partial charge in [-0.25, -0.2) is 9.78 Å². The zero-order valence-corrected chi connectivity index (χ0v) is 31.7. The number of para-hydroxylation sites is 1. The number of ether oxygens (including phenoxy) is 3. The van der Waals surface area contributed by atoms with Crippen molar-refractivity contribution in [1.82, 2.24) is 14.5 Å². The molecule has 3 atom stereocenters. The lowest BCUT2D eigenvalue weighted by Gasteiger charge is -2.22. The molecule has 9 nitrogen and oxygen atoms in total. The predicted octanol–water partition coefficient (Wildman–Crippen LogP) is 10.8. The molecule has 3 unspecified atom stereocenters.